The van der Waals surface area contributed by atoms with E-state index in [0.29, 0.717) is 6.61 Å². The minimum absolute atomic E-state index is 0.354. The van der Waals surface area contributed by atoms with Crippen molar-refractivity contribution in [2.45, 2.75) is 38.1 Å². The van der Waals surface area contributed by atoms with Crippen molar-refractivity contribution in [2.75, 3.05) is 20.2 Å². The van der Waals surface area contributed by atoms with Crippen LogP contribution in [0.25, 0.3) is 0 Å². The Hall–Kier alpha value is -0.0800. The number of nitrogens with zero attached hydrogens (tertiary/aromatic N) is 1. The van der Waals surface area contributed by atoms with Gasteiger partial charge in [-0.3, -0.25) is 0 Å². The van der Waals surface area contributed by atoms with Gasteiger partial charge in [0.2, 0.25) is 0 Å². The van der Waals surface area contributed by atoms with Crippen LogP contribution in [-0.4, -0.2) is 36.2 Å². The van der Waals surface area contributed by atoms with E-state index in [1.54, 1.807) is 0 Å². The smallest absolute Gasteiger partial charge is 0.0431 e. The lowest BCUT2D eigenvalue weighted by Crippen LogP contribution is -2.21. The third kappa shape index (κ3) is 3.73. The SMILES string of the molecule is CN(CCCCCO)C1CC1. The zero-order valence-electron chi connectivity index (χ0n) is 7.42. The van der Waals surface area contributed by atoms with Crippen LogP contribution in [0.3, 0.4) is 0 Å². The van der Waals surface area contributed by atoms with Crippen molar-refractivity contribution in [3.8, 4) is 0 Å². The van der Waals surface area contributed by atoms with E-state index < -0.39 is 0 Å². The molecule has 1 N–H and O–H groups in total. The van der Waals surface area contributed by atoms with E-state index >= 15 is 0 Å². The van der Waals surface area contributed by atoms with Crippen molar-refractivity contribution in [1.29, 1.82) is 0 Å². The fourth-order valence-corrected chi connectivity index (χ4v) is 1.35. The Bertz CT molecular complexity index is 102. The van der Waals surface area contributed by atoms with Gasteiger partial charge in [0, 0.05) is 12.6 Å². The van der Waals surface area contributed by atoms with Crippen LogP contribution >= 0.6 is 0 Å². The van der Waals surface area contributed by atoms with E-state index in [1.165, 1.54) is 32.2 Å². The van der Waals surface area contributed by atoms with E-state index in [9.17, 15) is 0 Å². The molecule has 0 bridgehead atoms. The van der Waals surface area contributed by atoms with E-state index in [0.717, 1.165) is 12.5 Å². The van der Waals surface area contributed by atoms with Gasteiger partial charge in [0.1, 0.15) is 0 Å². The molecule has 0 heterocycles. The van der Waals surface area contributed by atoms with Crippen molar-refractivity contribution in [3.05, 3.63) is 0 Å². The average Bonchev–Trinajstić information content (AvgIpc) is 2.79. The maximum Gasteiger partial charge on any atom is 0.0431 e. The van der Waals surface area contributed by atoms with E-state index in [4.69, 9.17) is 5.11 Å². The van der Waals surface area contributed by atoms with Gasteiger partial charge in [-0.25, -0.2) is 0 Å². The topological polar surface area (TPSA) is 23.5 Å². The van der Waals surface area contributed by atoms with Crippen molar-refractivity contribution >= 4 is 0 Å². The van der Waals surface area contributed by atoms with Crippen molar-refractivity contribution in [3.63, 3.8) is 0 Å². The Morgan fingerprint density at radius 3 is 2.55 bits per heavy atom. The van der Waals surface area contributed by atoms with Gasteiger partial charge in [-0.1, -0.05) is 0 Å². The first kappa shape index (κ1) is 9.01. The summed E-state index contributed by atoms with van der Waals surface area (Å²) in [4.78, 5) is 2.44. The predicted octanol–water partition coefficient (Wildman–Crippen LogP) is 1.24. The highest BCUT2D eigenvalue weighted by atomic mass is 16.2. The van der Waals surface area contributed by atoms with E-state index in [2.05, 4.69) is 11.9 Å². The van der Waals surface area contributed by atoms with Gasteiger partial charge in [0.15, 0.2) is 0 Å². The molecule has 1 fully saturated rings. The summed E-state index contributed by atoms with van der Waals surface area (Å²) in [5, 5.41) is 8.54. The van der Waals surface area contributed by atoms with Crippen molar-refractivity contribution in [1.82, 2.24) is 4.90 Å². The molecule has 2 nitrogen and oxygen atoms in total. The molecule has 0 spiro atoms. The summed E-state index contributed by atoms with van der Waals surface area (Å²) in [5.41, 5.74) is 0. The zero-order valence-corrected chi connectivity index (χ0v) is 7.42. The number of aliphatic hydroxyl groups is 1. The van der Waals surface area contributed by atoms with Gasteiger partial charge in [-0.15, -0.1) is 0 Å². The number of unbranched alkanes of at least 4 members (excludes halogenated alkanes) is 2. The highest BCUT2D eigenvalue weighted by Gasteiger charge is 2.25. The second kappa shape index (κ2) is 4.73. The molecule has 11 heavy (non-hydrogen) atoms. The van der Waals surface area contributed by atoms with E-state index in [1.807, 2.05) is 0 Å². The Morgan fingerprint density at radius 2 is 2.00 bits per heavy atom. The quantitative estimate of drug-likeness (QED) is 0.586. The van der Waals surface area contributed by atoms with Crippen LogP contribution in [0.15, 0.2) is 0 Å². The lowest BCUT2D eigenvalue weighted by molar-refractivity contribution is 0.271. The molecule has 0 saturated heterocycles. The lowest BCUT2D eigenvalue weighted by Gasteiger charge is -2.14. The minimum Gasteiger partial charge on any atom is -0.396 e. The standard InChI is InChI=1S/C9H19NO/c1-10(9-5-6-9)7-3-2-4-8-11/h9,11H,2-8H2,1H3. The van der Waals surface area contributed by atoms with Gasteiger partial charge in [0.05, 0.1) is 0 Å². The first-order valence-corrected chi connectivity index (χ1v) is 4.65. The Kier molecular flexibility index (Phi) is 3.87. The Balaban J connectivity index is 1.85. The molecular formula is C9H19NO. The summed E-state index contributed by atoms with van der Waals surface area (Å²) >= 11 is 0. The fraction of sp³-hybridized carbons (Fsp3) is 1.00. The molecule has 0 aromatic carbocycles. The second-order valence-corrected chi connectivity index (χ2v) is 3.50. The molecule has 0 radical (unpaired) electrons. The molecule has 0 amide bonds. The molecule has 1 aliphatic rings. The number of rotatable bonds is 6. The summed E-state index contributed by atoms with van der Waals surface area (Å²) in [6.45, 7) is 1.57. The normalized spacial score (nSPS) is 17.7. The second-order valence-electron chi connectivity index (χ2n) is 3.50. The van der Waals surface area contributed by atoms with E-state index in [-0.39, 0.29) is 0 Å². The van der Waals surface area contributed by atoms with Gasteiger partial charge in [0.25, 0.3) is 0 Å². The summed E-state index contributed by atoms with van der Waals surface area (Å²) in [6, 6.07) is 0.893. The molecule has 0 aromatic heterocycles. The number of hydrogen-bond donors (Lipinski definition) is 1. The molecule has 0 unspecified atom stereocenters. The van der Waals surface area contributed by atoms with Crippen molar-refractivity contribution < 1.29 is 5.11 Å². The summed E-state index contributed by atoms with van der Waals surface area (Å²) < 4.78 is 0. The lowest BCUT2D eigenvalue weighted by atomic mass is 10.2. The van der Waals surface area contributed by atoms with Gasteiger partial charge in [-0.05, 0) is 45.7 Å². The molecule has 0 atom stereocenters. The van der Waals surface area contributed by atoms with Crippen LogP contribution in [-0.2, 0) is 0 Å². The largest absolute Gasteiger partial charge is 0.396 e. The molecule has 2 heteroatoms. The number of hydrogen-bond acceptors (Lipinski definition) is 2. The maximum absolute atomic E-state index is 8.54. The van der Waals surface area contributed by atoms with Crippen molar-refractivity contribution in [2.24, 2.45) is 0 Å². The minimum atomic E-state index is 0.354. The van der Waals surface area contributed by atoms with Crippen LogP contribution in [0.1, 0.15) is 32.1 Å². The summed E-state index contributed by atoms with van der Waals surface area (Å²) in [7, 11) is 2.20. The monoisotopic (exact) mass is 157 g/mol. The molecule has 66 valence electrons. The van der Waals surface area contributed by atoms with Crippen LogP contribution < -0.4 is 0 Å². The molecule has 1 rings (SSSR count). The predicted molar refractivity (Wildman–Crippen MR) is 46.6 cm³/mol. The highest BCUT2D eigenvalue weighted by Crippen LogP contribution is 2.25. The van der Waals surface area contributed by atoms with Crippen LogP contribution in [0.2, 0.25) is 0 Å². The fourth-order valence-electron chi connectivity index (χ4n) is 1.35. The third-order valence-electron chi connectivity index (χ3n) is 2.34. The average molecular weight is 157 g/mol. The highest BCUT2D eigenvalue weighted by molar-refractivity contribution is 4.81. The first-order chi connectivity index (χ1) is 5.34. The number of aliphatic hydroxyl groups excluding tert-OH is 1. The van der Waals surface area contributed by atoms with Crippen LogP contribution in [0, 0.1) is 0 Å². The maximum atomic E-state index is 8.54. The zero-order chi connectivity index (χ0) is 8.10. The first-order valence-electron chi connectivity index (χ1n) is 4.65. The Morgan fingerprint density at radius 1 is 1.27 bits per heavy atom. The molecule has 0 aliphatic heterocycles. The molecule has 1 saturated carbocycles. The molecule has 0 aromatic rings. The van der Waals surface area contributed by atoms with Gasteiger partial charge in [-0.2, -0.15) is 0 Å². The summed E-state index contributed by atoms with van der Waals surface area (Å²) in [6.07, 6.45) is 6.19. The molecule has 1 aliphatic carbocycles. The van der Waals surface area contributed by atoms with Crippen LogP contribution in [0.5, 0.6) is 0 Å². The van der Waals surface area contributed by atoms with Gasteiger partial charge >= 0.3 is 0 Å². The Labute approximate surface area is 69.2 Å². The van der Waals surface area contributed by atoms with Crippen LogP contribution in [0.4, 0.5) is 0 Å². The summed E-state index contributed by atoms with van der Waals surface area (Å²) in [5.74, 6) is 0. The third-order valence-corrected chi connectivity index (χ3v) is 2.34. The molecular weight excluding hydrogens is 138 g/mol. The van der Waals surface area contributed by atoms with Gasteiger partial charge < -0.3 is 10.0 Å².